The monoisotopic (exact) mass is 248 g/mol. The molecule has 0 radical (unpaired) electrons. The van der Waals surface area contributed by atoms with E-state index in [1.807, 2.05) is 31.2 Å². The summed E-state index contributed by atoms with van der Waals surface area (Å²) in [5.74, 6) is 0.926. The summed E-state index contributed by atoms with van der Waals surface area (Å²) in [5, 5.41) is 6.17. The highest BCUT2D eigenvalue weighted by molar-refractivity contribution is 5.78. The number of nitrogens with one attached hydrogen (secondary N) is 2. The Morgan fingerprint density at radius 2 is 2.06 bits per heavy atom. The lowest BCUT2D eigenvalue weighted by Crippen LogP contribution is -2.36. The third-order valence-corrected chi connectivity index (χ3v) is 3.13. The molecule has 1 unspecified atom stereocenters. The fraction of sp³-hybridized carbons (Fsp3) is 0.500. The van der Waals surface area contributed by atoms with Crippen molar-refractivity contribution in [3.8, 4) is 5.75 Å². The number of ether oxygens (including phenoxy) is 1. The molecule has 0 saturated heterocycles. The highest BCUT2D eigenvalue weighted by atomic mass is 16.5. The van der Waals surface area contributed by atoms with Crippen LogP contribution in [-0.2, 0) is 4.79 Å². The Kier molecular flexibility index (Phi) is 4.20. The molecule has 1 saturated carbocycles. The fourth-order valence-corrected chi connectivity index (χ4v) is 1.76. The van der Waals surface area contributed by atoms with E-state index in [-0.39, 0.29) is 11.9 Å². The summed E-state index contributed by atoms with van der Waals surface area (Å²) in [6.45, 7) is 2.41. The first-order valence-electron chi connectivity index (χ1n) is 6.35. The zero-order chi connectivity index (χ0) is 13.0. The number of carbonyl (C=O) groups is 1. The maximum absolute atomic E-state index is 11.5. The van der Waals surface area contributed by atoms with Crippen LogP contribution in [0.2, 0.25) is 0 Å². The minimum absolute atomic E-state index is 0.0814. The third-order valence-electron chi connectivity index (χ3n) is 3.13. The average Bonchev–Trinajstić information content (AvgIpc) is 3.20. The van der Waals surface area contributed by atoms with Crippen LogP contribution in [0.15, 0.2) is 24.3 Å². The first-order chi connectivity index (χ1) is 8.69. The minimum atomic E-state index is 0.0814. The molecule has 98 valence electrons. The van der Waals surface area contributed by atoms with Crippen molar-refractivity contribution in [3.05, 3.63) is 29.8 Å². The number of rotatable bonds is 6. The van der Waals surface area contributed by atoms with Gasteiger partial charge in [0.25, 0.3) is 0 Å². The largest absolute Gasteiger partial charge is 0.497 e. The van der Waals surface area contributed by atoms with Gasteiger partial charge in [-0.1, -0.05) is 12.1 Å². The highest BCUT2D eigenvalue weighted by Crippen LogP contribution is 2.19. The van der Waals surface area contributed by atoms with E-state index in [4.69, 9.17) is 4.74 Å². The van der Waals surface area contributed by atoms with Gasteiger partial charge in [0.05, 0.1) is 13.7 Å². The van der Waals surface area contributed by atoms with Crippen LogP contribution < -0.4 is 15.4 Å². The Morgan fingerprint density at radius 3 is 2.61 bits per heavy atom. The number of amides is 1. The zero-order valence-electron chi connectivity index (χ0n) is 10.9. The van der Waals surface area contributed by atoms with Crippen LogP contribution in [-0.4, -0.2) is 25.6 Å². The van der Waals surface area contributed by atoms with Crippen molar-refractivity contribution >= 4 is 5.91 Å². The summed E-state index contributed by atoms with van der Waals surface area (Å²) in [5.41, 5.74) is 1.15. The lowest BCUT2D eigenvalue weighted by atomic mass is 10.1. The van der Waals surface area contributed by atoms with Gasteiger partial charge in [0, 0.05) is 12.1 Å². The van der Waals surface area contributed by atoms with Crippen molar-refractivity contribution in [2.24, 2.45) is 0 Å². The number of carbonyl (C=O) groups excluding carboxylic acids is 1. The molecule has 1 amide bonds. The molecular formula is C14H20N2O2. The minimum Gasteiger partial charge on any atom is -0.497 e. The molecule has 1 aliphatic rings. The molecule has 0 bridgehead atoms. The summed E-state index contributed by atoms with van der Waals surface area (Å²) in [6, 6.07) is 8.46. The summed E-state index contributed by atoms with van der Waals surface area (Å²) in [7, 11) is 1.65. The third kappa shape index (κ3) is 3.74. The molecule has 0 spiro atoms. The van der Waals surface area contributed by atoms with Gasteiger partial charge in [0.15, 0.2) is 0 Å². The van der Waals surface area contributed by atoms with Crippen molar-refractivity contribution in [2.45, 2.75) is 31.8 Å². The topological polar surface area (TPSA) is 50.4 Å². The van der Waals surface area contributed by atoms with Gasteiger partial charge in [-0.2, -0.15) is 0 Å². The van der Waals surface area contributed by atoms with Crippen molar-refractivity contribution < 1.29 is 9.53 Å². The zero-order valence-corrected chi connectivity index (χ0v) is 10.9. The molecule has 2 N–H and O–H groups in total. The standard InChI is InChI=1S/C14H20N2O2/c1-10(11-3-7-13(18-2)8-4-11)15-9-14(17)16-12-5-6-12/h3-4,7-8,10,12,15H,5-6,9H2,1-2H3,(H,16,17). The van der Waals surface area contributed by atoms with Crippen LogP contribution in [0.4, 0.5) is 0 Å². The van der Waals surface area contributed by atoms with Gasteiger partial charge >= 0.3 is 0 Å². The maximum atomic E-state index is 11.5. The Morgan fingerprint density at radius 1 is 1.39 bits per heavy atom. The van der Waals surface area contributed by atoms with E-state index in [0.717, 1.165) is 24.2 Å². The SMILES string of the molecule is COc1ccc(C(C)NCC(=O)NC2CC2)cc1. The van der Waals surface area contributed by atoms with E-state index in [1.165, 1.54) is 0 Å². The molecule has 0 aliphatic heterocycles. The quantitative estimate of drug-likeness (QED) is 0.804. The lowest BCUT2D eigenvalue weighted by molar-refractivity contribution is -0.120. The number of benzene rings is 1. The first-order valence-corrected chi connectivity index (χ1v) is 6.35. The summed E-state index contributed by atoms with van der Waals surface area (Å²) in [4.78, 5) is 11.5. The van der Waals surface area contributed by atoms with Gasteiger partial charge in [-0.25, -0.2) is 0 Å². The molecule has 2 rings (SSSR count). The molecule has 0 heterocycles. The summed E-state index contributed by atoms with van der Waals surface area (Å²) >= 11 is 0. The van der Waals surface area contributed by atoms with Crippen molar-refractivity contribution in [1.82, 2.24) is 10.6 Å². The lowest BCUT2D eigenvalue weighted by Gasteiger charge is -2.14. The van der Waals surface area contributed by atoms with Crippen LogP contribution in [0.3, 0.4) is 0 Å². The molecule has 4 nitrogen and oxygen atoms in total. The number of hydrogen-bond donors (Lipinski definition) is 2. The molecule has 1 aromatic rings. The normalized spacial score (nSPS) is 16.1. The van der Waals surface area contributed by atoms with Gasteiger partial charge in [-0.05, 0) is 37.5 Å². The number of methoxy groups -OCH3 is 1. The van der Waals surface area contributed by atoms with Crippen LogP contribution >= 0.6 is 0 Å². The molecule has 1 aromatic carbocycles. The second-order valence-electron chi connectivity index (χ2n) is 4.72. The molecular weight excluding hydrogens is 228 g/mol. The highest BCUT2D eigenvalue weighted by Gasteiger charge is 2.23. The Hall–Kier alpha value is -1.55. The summed E-state index contributed by atoms with van der Waals surface area (Å²) in [6.07, 6.45) is 2.25. The molecule has 1 aliphatic carbocycles. The van der Waals surface area contributed by atoms with Gasteiger partial charge < -0.3 is 15.4 Å². The average molecular weight is 248 g/mol. The first kappa shape index (κ1) is 12.9. The van der Waals surface area contributed by atoms with Crippen molar-refractivity contribution in [3.63, 3.8) is 0 Å². The van der Waals surface area contributed by atoms with Gasteiger partial charge in [0.1, 0.15) is 5.75 Å². The Balaban J connectivity index is 1.78. The van der Waals surface area contributed by atoms with E-state index in [1.54, 1.807) is 7.11 Å². The molecule has 0 aromatic heterocycles. The smallest absolute Gasteiger partial charge is 0.234 e. The molecule has 1 atom stereocenters. The second-order valence-corrected chi connectivity index (χ2v) is 4.72. The Bertz CT molecular complexity index is 399. The summed E-state index contributed by atoms with van der Waals surface area (Å²) < 4.78 is 5.11. The molecule has 4 heteroatoms. The fourth-order valence-electron chi connectivity index (χ4n) is 1.76. The van der Waals surface area contributed by atoms with Gasteiger partial charge in [0.2, 0.25) is 5.91 Å². The van der Waals surface area contributed by atoms with Gasteiger partial charge in [-0.3, -0.25) is 4.79 Å². The number of hydrogen-bond acceptors (Lipinski definition) is 3. The predicted molar refractivity (Wildman–Crippen MR) is 70.6 cm³/mol. The van der Waals surface area contributed by atoms with Crippen LogP contribution in [0.5, 0.6) is 5.75 Å². The van der Waals surface area contributed by atoms with Crippen molar-refractivity contribution in [1.29, 1.82) is 0 Å². The van der Waals surface area contributed by atoms with E-state index < -0.39 is 0 Å². The van der Waals surface area contributed by atoms with Crippen LogP contribution in [0.25, 0.3) is 0 Å². The predicted octanol–water partition coefficient (Wildman–Crippen LogP) is 1.62. The molecule has 1 fully saturated rings. The van der Waals surface area contributed by atoms with E-state index >= 15 is 0 Å². The van der Waals surface area contributed by atoms with Crippen LogP contribution in [0.1, 0.15) is 31.4 Å². The Labute approximate surface area is 108 Å². The van der Waals surface area contributed by atoms with Crippen LogP contribution in [0, 0.1) is 0 Å². The van der Waals surface area contributed by atoms with E-state index in [2.05, 4.69) is 10.6 Å². The maximum Gasteiger partial charge on any atom is 0.234 e. The molecule has 18 heavy (non-hydrogen) atoms. The van der Waals surface area contributed by atoms with Gasteiger partial charge in [-0.15, -0.1) is 0 Å². The van der Waals surface area contributed by atoms with Crippen molar-refractivity contribution in [2.75, 3.05) is 13.7 Å². The second kappa shape index (κ2) is 5.87. The van der Waals surface area contributed by atoms with E-state index in [0.29, 0.717) is 12.6 Å². The van der Waals surface area contributed by atoms with E-state index in [9.17, 15) is 4.79 Å².